The number of urea groups is 1. The van der Waals surface area contributed by atoms with Gasteiger partial charge in [0, 0.05) is 31.7 Å². The van der Waals surface area contributed by atoms with E-state index in [4.69, 9.17) is 0 Å². The molecular formula is C24H24N4O3S. The lowest BCUT2D eigenvalue weighted by Gasteiger charge is -2.18. The van der Waals surface area contributed by atoms with Crippen LogP contribution in [-0.2, 0) is 17.9 Å². The van der Waals surface area contributed by atoms with Crippen molar-refractivity contribution in [1.29, 1.82) is 0 Å². The van der Waals surface area contributed by atoms with Crippen LogP contribution in [-0.4, -0.2) is 29.3 Å². The van der Waals surface area contributed by atoms with Gasteiger partial charge in [-0.05, 0) is 41.8 Å². The summed E-state index contributed by atoms with van der Waals surface area (Å²) >= 11 is 1.21. The van der Waals surface area contributed by atoms with E-state index in [0.717, 1.165) is 24.1 Å². The maximum absolute atomic E-state index is 12.6. The lowest BCUT2D eigenvalue weighted by molar-refractivity contribution is -0.128. The largest absolute Gasteiger partial charge is 0.347 e. The first-order chi connectivity index (χ1) is 15.6. The highest BCUT2D eigenvalue weighted by Gasteiger charge is 2.21. The van der Waals surface area contributed by atoms with E-state index in [2.05, 4.69) is 16.0 Å². The monoisotopic (exact) mass is 448 g/mol. The number of carbonyl (C=O) groups is 3. The SMILES string of the molecule is O=C(Nc1ccccc1)Nc1ccc(C(=O)NCc2ccccc2CN2CCCC2=O)s1. The van der Waals surface area contributed by atoms with E-state index in [9.17, 15) is 14.4 Å². The van der Waals surface area contributed by atoms with E-state index in [1.165, 1.54) is 11.3 Å². The second-order valence-corrected chi connectivity index (χ2v) is 8.56. The Labute approximate surface area is 190 Å². The second kappa shape index (κ2) is 10.1. The number of amides is 4. The molecule has 2 aromatic carbocycles. The number of thiophene rings is 1. The number of rotatable bonds is 7. The molecular weight excluding hydrogens is 424 g/mol. The van der Waals surface area contributed by atoms with Gasteiger partial charge in [0.1, 0.15) is 0 Å². The highest BCUT2D eigenvalue weighted by atomic mass is 32.1. The average Bonchev–Trinajstić information content (AvgIpc) is 3.42. The Balaban J connectivity index is 1.32. The van der Waals surface area contributed by atoms with Crippen molar-refractivity contribution in [3.8, 4) is 0 Å². The maximum Gasteiger partial charge on any atom is 0.324 e. The third-order valence-electron chi connectivity index (χ3n) is 5.19. The summed E-state index contributed by atoms with van der Waals surface area (Å²) in [7, 11) is 0. The van der Waals surface area contributed by atoms with Crippen LogP contribution in [0.15, 0.2) is 66.7 Å². The summed E-state index contributed by atoms with van der Waals surface area (Å²) in [5, 5.41) is 9.00. The van der Waals surface area contributed by atoms with Gasteiger partial charge in [-0.25, -0.2) is 4.79 Å². The molecule has 1 saturated heterocycles. The summed E-state index contributed by atoms with van der Waals surface area (Å²) in [6, 6.07) is 20.0. The molecule has 0 radical (unpaired) electrons. The first kappa shape index (κ1) is 21.6. The minimum Gasteiger partial charge on any atom is -0.347 e. The Kier molecular flexibility index (Phi) is 6.81. The molecule has 164 valence electrons. The zero-order valence-electron chi connectivity index (χ0n) is 17.5. The lowest BCUT2D eigenvalue weighted by Crippen LogP contribution is -2.26. The van der Waals surface area contributed by atoms with Crippen molar-refractivity contribution in [2.75, 3.05) is 17.2 Å². The smallest absolute Gasteiger partial charge is 0.324 e. The average molecular weight is 449 g/mol. The van der Waals surface area contributed by atoms with Crippen LogP contribution in [0.5, 0.6) is 0 Å². The maximum atomic E-state index is 12.6. The van der Waals surface area contributed by atoms with Gasteiger partial charge in [-0.2, -0.15) is 0 Å². The van der Waals surface area contributed by atoms with Gasteiger partial charge in [0.05, 0.1) is 9.88 Å². The van der Waals surface area contributed by atoms with Crippen LogP contribution in [0.25, 0.3) is 0 Å². The molecule has 0 spiro atoms. The third kappa shape index (κ3) is 5.53. The van der Waals surface area contributed by atoms with Gasteiger partial charge in [0.2, 0.25) is 5.91 Å². The molecule has 4 amide bonds. The normalized spacial score (nSPS) is 13.1. The lowest BCUT2D eigenvalue weighted by atomic mass is 10.1. The Morgan fingerprint density at radius 3 is 2.41 bits per heavy atom. The number of likely N-dealkylation sites (tertiary alicyclic amines) is 1. The Hall–Kier alpha value is -3.65. The van der Waals surface area contributed by atoms with Crippen LogP contribution < -0.4 is 16.0 Å². The van der Waals surface area contributed by atoms with Gasteiger partial charge in [-0.1, -0.05) is 42.5 Å². The molecule has 0 saturated carbocycles. The standard InChI is InChI=1S/C24H24N4O3S/c29-22-11-6-14-28(22)16-18-8-5-4-7-17(18)15-25-23(30)20-12-13-21(32-20)27-24(31)26-19-9-2-1-3-10-19/h1-5,7-10,12-13H,6,11,14-16H2,(H,25,30)(H2,26,27,31). The Morgan fingerprint density at radius 2 is 1.66 bits per heavy atom. The molecule has 0 bridgehead atoms. The van der Waals surface area contributed by atoms with E-state index in [1.807, 2.05) is 47.4 Å². The number of hydrogen-bond acceptors (Lipinski definition) is 4. The zero-order chi connectivity index (χ0) is 22.3. The molecule has 7 nitrogen and oxygen atoms in total. The fourth-order valence-corrected chi connectivity index (χ4v) is 4.36. The van der Waals surface area contributed by atoms with Crippen molar-refractivity contribution < 1.29 is 14.4 Å². The van der Waals surface area contributed by atoms with Gasteiger partial charge in [0.15, 0.2) is 0 Å². The molecule has 3 aromatic rings. The molecule has 0 aliphatic carbocycles. The van der Waals surface area contributed by atoms with Gasteiger partial charge >= 0.3 is 6.03 Å². The summed E-state index contributed by atoms with van der Waals surface area (Å²) in [4.78, 5) is 39.1. The van der Waals surface area contributed by atoms with Crippen LogP contribution in [0, 0.1) is 0 Å². The van der Waals surface area contributed by atoms with Gasteiger partial charge in [0.25, 0.3) is 5.91 Å². The fourth-order valence-electron chi connectivity index (χ4n) is 3.55. The molecule has 1 aromatic heterocycles. The van der Waals surface area contributed by atoms with E-state index < -0.39 is 0 Å². The van der Waals surface area contributed by atoms with E-state index in [-0.39, 0.29) is 17.8 Å². The first-order valence-corrected chi connectivity index (χ1v) is 11.3. The minimum atomic E-state index is -0.365. The first-order valence-electron chi connectivity index (χ1n) is 10.4. The highest BCUT2D eigenvalue weighted by molar-refractivity contribution is 7.18. The topological polar surface area (TPSA) is 90.5 Å². The predicted octanol–water partition coefficient (Wildman–Crippen LogP) is 4.44. The number of nitrogens with zero attached hydrogens (tertiary/aromatic N) is 1. The van der Waals surface area contributed by atoms with Crippen molar-refractivity contribution in [1.82, 2.24) is 10.2 Å². The van der Waals surface area contributed by atoms with E-state index in [0.29, 0.717) is 35.1 Å². The number of carbonyl (C=O) groups excluding carboxylic acids is 3. The van der Waals surface area contributed by atoms with Crippen LogP contribution in [0.2, 0.25) is 0 Å². The third-order valence-corrected chi connectivity index (χ3v) is 6.19. The molecule has 0 atom stereocenters. The molecule has 1 aliphatic heterocycles. The molecule has 0 unspecified atom stereocenters. The van der Waals surface area contributed by atoms with Crippen LogP contribution in [0.4, 0.5) is 15.5 Å². The number of para-hydroxylation sites is 1. The number of benzene rings is 2. The zero-order valence-corrected chi connectivity index (χ0v) is 18.3. The Bertz CT molecular complexity index is 1110. The minimum absolute atomic E-state index is 0.179. The molecule has 1 fully saturated rings. The van der Waals surface area contributed by atoms with E-state index >= 15 is 0 Å². The summed E-state index contributed by atoms with van der Waals surface area (Å²) in [5.41, 5.74) is 2.71. The molecule has 1 aliphatic rings. The summed E-state index contributed by atoms with van der Waals surface area (Å²) < 4.78 is 0. The van der Waals surface area contributed by atoms with Crippen LogP contribution in [0.3, 0.4) is 0 Å². The number of anilines is 2. The van der Waals surface area contributed by atoms with Crippen molar-refractivity contribution in [3.05, 3.63) is 82.7 Å². The molecule has 3 N–H and O–H groups in total. The molecule has 32 heavy (non-hydrogen) atoms. The fraction of sp³-hybridized carbons (Fsp3) is 0.208. The van der Waals surface area contributed by atoms with Crippen LogP contribution in [0.1, 0.15) is 33.6 Å². The van der Waals surface area contributed by atoms with Gasteiger partial charge in [-0.3, -0.25) is 14.9 Å². The van der Waals surface area contributed by atoms with Crippen molar-refractivity contribution >= 4 is 39.9 Å². The van der Waals surface area contributed by atoms with Gasteiger partial charge in [-0.15, -0.1) is 11.3 Å². The van der Waals surface area contributed by atoms with Crippen molar-refractivity contribution in [2.24, 2.45) is 0 Å². The second-order valence-electron chi connectivity index (χ2n) is 7.48. The van der Waals surface area contributed by atoms with Gasteiger partial charge < -0.3 is 15.5 Å². The molecule has 4 rings (SSSR count). The predicted molar refractivity (Wildman–Crippen MR) is 126 cm³/mol. The number of hydrogen-bond donors (Lipinski definition) is 3. The highest BCUT2D eigenvalue weighted by Crippen LogP contribution is 2.23. The summed E-state index contributed by atoms with van der Waals surface area (Å²) in [6.45, 7) is 1.71. The quantitative estimate of drug-likeness (QED) is 0.499. The number of nitrogens with one attached hydrogen (secondary N) is 3. The van der Waals surface area contributed by atoms with Crippen molar-refractivity contribution in [3.63, 3.8) is 0 Å². The van der Waals surface area contributed by atoms with Crippen LogP contribution >= 0.6 is 11.3 Å². The molecule has 2 heterocycles. The van der Waals surface area contributed by atoms with E-state index in [1.54, 1.807) is 24.3 Å². The summed E-state index contributed by atoms with van der Waals surface area (Å²) in [6.07, 6.45) is 1.51. The Morgan fingerprint density at radius 1 is 0.906 bits per heavy atom. The molecule has 8 heteroatoms. The van der Waals surface area contributed by atoms with Crippen molar-refractivity contribution in [2.45, 2.75) is 25.9 Å². The summed E-state index contributed by atoms with van der Waals surface area (Å²) in [5.74, 6) is -0.0303.